The van der Waals surface area contributed by atoms with Crippen molar-refractivity contribution in [3.63, 3.8) is 0 Å². The Labute approximate surface area is 115 Å². The molecule has 0 saturated heterocycles. The number of esters is 2. The first kappa shape index (κ1) is 16.0. The van der Waals surface area contributed by atoms with E-state index in [4.69, 9.17) is 0 Å². The van der Waals surface area contributed by atoms with Gasteiger partial charge in [-0.05, 0) is 12.8 Å². The molecule has 1 aliphatic rings. The molecule has 0 bridgehead atoms. The summed E-state index contributed by atoms with van der Waals surface area (Å²) in [6.45, 7) is 1.32. The van der Waals surface area contributed by atoms with Crippen molar-refractivity contribution >= 4 is 11.9 Å². The summed E-state index contributed by atoms with van der Waals surface area (Å²) in [6, 6.07) is 0.489. The lowest BCUT2D eigenvalue weighted by Crippen LogP contribution is -2.39. The molecule has 1 fully saturated rings. The van der Waals surface area contributed by atoms with Gasteiger partial charge in [0.05, 0.1) is 27.1 Å². The minimum atomic E-state index is -0.195. The third-order valence-corrected chi connectivity index (χ3v) is 3.75. The van der Waals surface area contributed by atoms with E-state index < -0.39 is 0 Å². The van der Waals surface area contributed by atoms with Crippen molar-refractivity contribution in [2.45, 2.75) is 51.0 Å². The second-order valence-electron chi connectivity index (χ2n) is 4.98. The number of nitrogens with zero attached hydrogens (tertiary/aromatic N) is 1. The van der Waals surface area contributed by atoms with Crippen LogP contribution in [0.5, 0.6) is 0 Å². The summed E-state index contributed by atoms with van der Waals surface area (Å²) in [5.41, 5.74) is 0. The number of hydrogen-bond donors (Lipinski definition) is 0. The molecule has 0 N–H and O–H groups in total. The lowest BCUT2D eigenvalue weighted by Gasteiger charge is -2.33. The van der Waals surface area contributed by atoms with Crippen molar-refractivity contribution in [3.8, 4) is 0 Å². The molecule has 0 aliphatic heterocycles. The molecule has 5 heteroatoms. The summed E-state index contributed by atoms with van der Waals surface area (Å²) in [6.07, 6.45) is 6.83. The first-order valence-corrected chi connectivity index (χ1v) is 7.05. The zero-order chi connectivity index (χ0) is 14.1. The SMILES string of the molecule is COC(=O)CCN(CCC(=O)OC)C1CCCCC1. The smallest absolute Gasteiger partial charge is 0.306 e. The van der Waals surface area contributed by atoms with Crippen LogP contribution in [-0.4, -0.2) is 50.2 Å². The summed E-state index contributed by atoms with van der Waals surface area (Å²) in [5.74, 6) is -0.391. The number of carbonyl (C=O) groups excluding carboxylic acids is 2. The summed E-state index contributed by atoms with van der Waals surface area (Å²) < 4.78 is 9.35. The fourth-order valence-corrected chi connectivity index (χ4v) is 2.60. The van der Waals surface area contributed by atoms with E-state index in [-0.39, 0.29) is 11.9 Å². The number of ether oxygens (including phenoxy) is 2. The highest BCUT2D eigenvalue weighted by Gasteiger charge is 2.22. The zero-order valence-electron chi connectivity index (χ0n) is 12.0. The van der Waals surface area contributed by atoms with Crippen molar-refractivity contribution in [1.82, 2.24) is 4.90 Å². The number of rotatable bonds is 7. The zero-order valence-corrected chi connectivity index (χ0v) is 12.0. The van der Waals surface area contributed by atoms with Crippen LogP contribution in [0.25, 0.3) is 0 Å². The standard InChI is InChI=1S/C14H25NO4/c1-18-13(16)8-10-15(11-9-14(17)19-2)12-6-4-3-5-7-12/h12H,3-11H2,1-2H3. The molecule has 5 nitrogen and oxygen atoms in total. The monoisotopic (exact) mass is 271 g/mol. The van der Waals surface area contributed by atoms with Gasteiger partial charge in [-0.3, -0.25) is 14.5 Å². The van der Waals surface area contributed by atoms with Crippen LogP contribution in [-0.2, 0) is 19.1 Å². The number of carbonyl (C=O) groups is 2. The Balaban J connectivity index is 2.45. The van der Waals surface area contributed by atoms with Crippen molar-refractivity contribution in [3.05, 3.63) is 0 Å². The highest BCUT2D eigenvalue weighted by Crippen LogP contribution is 2.23. The lowest BCUT2D eigenvalue weighted by atomic mass is 9.94. The van der Waals surface area contributed by atoms with Crippen molar-refractivity contribution in [2.75, 3.05) is 27.3 Å². The van der Waals surface area contributed by atoms with E-state index >= 15 is 0 Å². The van der Waals surface area contributed by atoms with Crippen LogP contribution >= 0.6 is 0 Å². The van der Waals surface area contributed by atoms with Crippen LogP contribution in [0.4, 0.5) is 0 Å². The van der Waals surface area contributed by atoms with Gasteiger partial charge in [0, 0.05) is 19.1 Å². The Kier molecular flexibility index (Phi) is 7.48. The van der Waals surface area contributed by atoms with Crippen LogP contribution in [0.2, 0.25) is 0 Å². The molecule has 0 radical (unpaired) electrons. The predicted molar refractivity (Wildman–Crippen MR) is 71.7 cm³/mol. The predicted octanol–water partition coefficient (Wildman–Crippen LogP) is 1.75. The highest BCUT2D eigenvalue weighted by molar-refractivity contribution is 5.70. The Morgan fingerprint density at radius 2 is 1.42 bits per heavy atom. The van der Waals surface area contributed by atoms with Gasteiger partial charge in [-0.15, -0.1) is 0 Å². The van der Waals surface area contributed by atoms with Crippen molar-refractivity contribution < 1.29 is 19.1 Å². The van der Waals surface area contributed by atoms with Gasteiger partial charge in [-0.1, -0.05) is 19.3 Å². The van der Waals surface area contributed by atoms with Gasteiger partial charge in [0.1, 0.15) is 0 Å². The molecular formula is C14H25NO4. The average Bonchev–Trinajstić information content (AvgIpc) is 2.47. The molecule has 1 aliphatic carbocycles. The maximum atomic E-state index is 11.3. The largest absolute Gasteiger partial charge is 0.469 e. The van der Waals surface area contributed by atoms with E-state index in [9.17, 15) is 9.59 Å². The fraction of sp³-hybridized carbons (Fsp3) is 0.857. The number of methoxy groups -OCH3 is 2. The van der Waals surface area contributed by atoms with E-state index in [0.717, 1.165) is 12.8 Å². The van der Waals surface area contributed by atoms with Crippen molar-refractivity contribution in [2.24, 2.45) is 0 Å². The maximum absolute atomic E-state index is 11.3. The molecule has 0 spiro atoms. The van der Waals surface area contributed by atoms with Gasteiger partial charge in [0.25, 0.3) is 0 Å². The van der Waals surface area contributed by atoms with E-state index in [2.05, 4.69) is 14.4 Å². The first-order valence-electron chi connectivity index (χ1n) is 7.05. The molecule has 0 heterocycles. The molecular weight excluding hydrogens is 246 g/mol. The molecule has 1 saturated carbocycles. The Hall–Kier alpha value is -1.10. The van der Waals surface area contributed by atoms with Crippen LogP contribution in [0, 0.1) is 0 Å². The second-order valence-corrected chi connectivity index (χ2v) is 4.98. The van der Waals surface area contributed by atoms with Gasteiger partial charge >= 0.3 is 11.9 Å². The molecule has 1 rings (SSSR count). The minimum absolute atomic E-state index is 0.195. The molecule has 0 aromatic carbocycles. The minimum Gasteiger partial charge on any atom is -0.469 e. The molecule has 110 valence electrons. The highest BCUT2D eigenvalue weighted by atomic mass is 16.5. The Morgan fingerprint density at radius 1 is 0.947 bits per heavy atom. The molecule has 0 aromatic rings. The fourth-order valence-electron chi connectivity index (χ4n) is 2.60. The Morgan fingerprint density at radius 3 is 1.84 bits per heavy atom. The van der Waals surface area contributed by atoms with E-state index in [0.29, 0.717) is 32.0 Å². The number of hydrogen-bond acceptors (Lipinski definition) is 5. The Bertz CT molecular complexity index is 267. The quantitative estimate of drug-likeness (QED) is 0.660. The molecule has 0 unspecified atom stereocenters. The van der Waals surface area contributed by atoms with Gasteiger partial charge in [0.2, 0.25) is 0 Å². The van der Waals surface area contributed by atoms with E-state index in [1.807, 2.05) is 0 Å². The van der Waals surface area contributed by atoms with E-state index in [1.165, 1.54) is 33.5 Å². The molecule has 0 aromatic heterocycles. The normalized spacial score (nSPS) is 16.4. The van der Waals surface area contributed by atoms with Crippen LogP contribution in [0.1, 0.15) is 44.9 Å². The average molecular weight is 271 g/mol. The summed E-state index contributed by atoms with van der Waals surface area (Å²) >= 11 is 0. The lowest BCUT2D eigenvalue weighted by molar-refractivity contribution is -0.141. The van der Waals surface area contributed by atoms with Gasteiger partial charge < -0.3 is 9.47 Å². The molecule has 19 heavy (non-hydrogen) atoms. The van der Waals surface area contributed by atoms with Crippen LogP contribution < -0.4 is 0 Å². The second kappa shape index (κ2) is 8.91. The van der Waals surface area contributed by atoms with E-state index in [1.54, 1.807) is 0 Å². The third kappa shape index (κ3) is 6.05. The molecule has 0 amide bonds. The molecule has 0 atom stereocenters. The van der Waals surface area contributed by atoms with Crippen LogP contribution in [0.15, 0.2) is 0 Å². The summed E-state index contributed by atoms with van der Waals surface area (Å²) in [7, 11) is 2.81. The van der Waals surface area contributed by atoms with Crippen LogP contribution in [0.3, 0.4) is 0 Å². The third-order valence-electron chi connectivity index (χ3n) is 3.75. The summed E-state index contributed by atoms with van der Waals surface area (Å²) in [5, 5.41) is 0. The first-order chi connectivity index (χ1) is 9.17. The maximum Gasteiger partial charge on any atom is 0.306 e. The van der Waals surface area contributed by atoms with Crippen molar-refractivity contribution in [1.29, 1.82) is 0 Å². The van der Waals surface area contributed by atoms with Gasteiger partial charge in [0.15, 0.2) is 0 Å². The van der Waals surface area contributed by atoms with Gasteiger partial charge in [-0.25, -0.2) is 0 Å². The summed E-state index contributed by atoms with van der Waals surface area (Å²) in [4.78, 5) is 24.7. The van der Waals surface area contributed by atoms with Gasteiger partial charge in [-0.2, -0.15) is 0 Å². The topological polar surface area (TPSA) is 55.8 Å².